The highest BCUT2D eigenvalue weighted by Gasteiger charge is 2.06. The molecule has 4 heteroatoms. The molecule has 1 atom stereocenters. The van der Waals surface area contributed by atoms with Gasteiger partial charge in [-0.2, -0.15) is 0 Å². The summed E-state index contributed by atoms with van der Waals surface area (Å²) < 4.78 is 2.03. The van der Waals surface area contributed by atoms with Crippen LogP contribution in [0.15, 0.2) is 51.4 Å². The molecular formula is C15H14Br2ClN. The van der Waals surface area contributed by atoms with Crippen LogP contribution in [0.5, 0.6) is 0 Å². The standard InChI is InChI=1S/C15H14Br2ClN/c1-10(12-3-2-4-13(16)8-12)19-9-11-5-6-14(17)15(18)7-11/h2-8,10,19H,9H2,1H3/t10-/m0/s1. The predicted octanol–water partition coefficient (Wildman–Crippen LogP) is 5.72. The number of benzene rings is 2. The van der Waals surface area contributed by atoms with Crippen molar-refractivity contribution in [3.8, 4) is 0 Å². The van der Waals surface area contributed by atoms with Crippen molar-refractivity contribution in [3.05, 3.63) is 67.6 Å². The summed E-state index contributed by atoms with van der Waals surface area (Å²) in [4.78, 5) is 0. The molecule has 2 rings (SSSR count). The van der Waals surface area contributed by atoms with Gasteiger partial charge in [0.25, 0.3) is 0 Å². The molecule has 0 radical (unpaired) electrons. The Kier molecular flexibility index (Phi) is 5.46. The van der Waals surface area contributed by atoms with Crippen LogP contribution in [0.3, 0.4) is 0 Å². The highest BCUT2D eigenvalue weighted by Crippen LogP contribution is 2.24. The molecule has 2 aromatic rings. The molecule has 100 valence electrons. The van der Waals surface area contributed by atoms with E-state index in [1.165, 1.54) is 11.1 Å². The van der Waals surface area contributed by atoms with Gasteiger partial charge in [-0.15, -0.1) is 0 Å². The average Bonchev–Trinajstić information content (AvgIpc) is 2.40. The second kappa shape index (κ2) is 6.89. The first kappa shape index (κ1) is 15.0. The van der Waals surface area contributed by atoms with Crippen molar-refractivity contribution >= 4 is 43.5 Å². The summed E-state index contributed by atoms with van der Waals surface area (Å²) in [6.07, 6.45) is 0. The smallest absolute Gasteiger partial charge is 0.0551 e. The molecule has 0 amide bonds. The first-order chi connectivity index (χ1) is 9.06. The van der Waals surface area contributed by atoms with Crippen molar-refractivity contribution in [1.29, 1.82) is 0 Å². The molecule has 0 saturated heterocycles. The van der Waals surface area contributed by atoms with Gasteiger partial charge in [-0.1, -0.05) is 45.7 Å². The molecule has 19 heavy (non-hydrogen) atoms. The molecule has 0 fully saturated rings. The van der Waals surface area contributed by atoms with Crippen LogP contribution < -0.4 is 5.32 Å². The quantitative estimate of drug-likeness (QED) is 0.689. The van der Waals surface area contributed by atoms with Crippen molar-refractivity contribution in [2.75, 3.05) is 0 Å². The van der Waals surface area contributed by atoms with Gasteiger partial charge in [0.15, 0.2) is 0 Å². The lowest BCUT2D eigenvalue weighted by Crippen LogP contribution is -2.18. The molecule has 0 aliphatic heterocycles. The molecule has 0 aliphatic carbocycles. The van der Waals surface area contributed by atoms with Crippen LogP contribution in [-0.2, 0) is 6.54 Å². The molecule has 1 nitrogen and oxygen atoms in total. The maximum atomic E-state index is 6.09. The van der Waals surface area contributed by atoms with E-state index in [9.17, 15) is 0 Å². The second-order valence-corrected chi connectivity index (χ2v) is 6.58. The summed E-state index contributed by atoms with van der Waals surface area (Å²) >= 11 is 13.0. The third kappa shape index (κ3) is 4.32. The molecule has 0 aliphatic rings. The van der Waals surface area contributed by atoms with Gasteiger partial charge in [-0.3, -0.25) is 0 Å². The zero-order valence-corrected chi connectivity index (χ0v) is 14.4. The Morgan fingerprint density at radius 1 is 1.16 bits per heavy atom. The third-order valence-corrected chi connectivity index (χ3v) is 4.67. The van der Waals surface area contributed by atoms with Crippen LogP contribution >= 0.6 is 43.5 Å². The lowest BCUT2D eigenvalue weighted by molar-refractivity contribution is 0.574. The number of nitrogens with one attached hydrogen (secondary N) is 1. The highest BCUT2D eigenvalue weighted by molar-refractivity contribution is 9.10. The fraction of sp³-hybridized carbons (Fsp3) is 0.200. The van der Waals surface area contributed by atoms with E-state index in [2.05, 4.69) is 62.3 Å². The predicted molar refractivity (Wildman–Crippen MR) is 88.5 cm³/mol. The van der Waals surface area contributed by atoms with Gasteiger partial charge < -0.3 is 5.32 Å². The number of halogens is 3. The van der Waals surface area contributed by atoms with Gasteiger partial charge in [0.2, 0.25) is 0 Å². The minimum absolute atomic E-state index is 0.292. The minimum Gasteiger partial charge on any atom is -0.306 e. The maximum absolute atomic E-state index is 6.09. The SMILES string of the molecule is C[C@H](NCc1ccc(Br)c(Cl)c1)c1cccc(Br)c1. The van der Waals surface area contributed by atoms with Gasteiger partial charge in [-0.25, -0.2) is 0 Å². The molecule has 0 aromatic heterocycles. The third-order valence-electron chi connectivity index (χ3n) is 2.95. The van der Waals surface area contributed by atoms with E-state index < -0.39 is 0 Å². The molecule has 0 saturated carbocycles. The van der Waals surface area contributed by atoms with Crippen molar-refractivity contribution in [3.63, 3.8) is 0 Å². The van der Waals surface area contributed by atoms with Crippen LogP contribution in [0.1, 0.15) is 24.1 Å². The van der Waals surface area contributed by atoms with Crippen molar-refractivity contribution < 1.29 is 0 Å². The topological polar surface area (TPSA) is 12.0 Å². The zero-order valence-electron chi connectivity index (χ0n) is 10.5. The van der Waals surface area contributed by atoms with Gasteiger partial charge in [0, 0.05) is 21.5 Å². The lowest BCUT2D eigenvalue weighted by atomic mass is 10.1. The van der Waals surface area contributed by atoms with Crippen LogP contribution in [0.4, 0.5) is 0 Å². The second-order valence-electron chi connectivity index (χ2n) is 4.41. The highest BCUT2D eigenvalue weighted by atomic mass is 79.9. The Balaban J connectivity index is 2.00. The molecule has 0 bridgehead atoms. The first-order valence-electron chi connectivity index (χ1n) is 5.99. The van der Waals surface area contributed by atoms with Crippen molar-refractivity contribution in [2.24, 2.45) is 0 Å². The first-order valence-corrected chi connectivity index (χ1v) is 7.95. The lowest BCUT2D eigenvalue weighted by Gasteiger charge is -2.15. The maximum Gasteiger partial charge on any atom is 0.0551 e. The van der Waals surface area contributed by atoms with E-state index in [0.717, 1.165) is 20.5 Å². The summed E-state index contributed by atoms with van der Waals surface area (Å²) in [6.45, 7) is 2.95. The summed E-state index contributed by atoms with van der Waals surface area (Å²) in [7, 11) is 0. The monoisotopic (exact) mass is 401 g/mol. The molecule has 0 unspecified atom stereocenters. The summed E-state index contributed by atoms with van der Waals surface area (Å²) in [5, 5.41) is 4.24. The van der Waals surface area contributed by atoms with E-state index >= 15 is 0 Å². The van der Waals surface area contributed by atoms with Crippen LogP contribution in [0.2, 0.25) is 5.02 Å². The minimum atomic E-state index is 0.292. The van der Waals surface area contributed by atoms with E-state index in [0.29, 0.717) is 6.04 Å². The molecule has 2 aromatic carbocycles. The zero-order chi connectivity index (χ0) is 13.8. The van der Waals surface area contributed by atoms with Crippen molar-refractivity contribution in [1.82, 2.24) is 5.32 Å². The Morgan fingerprint density at radius 2 is 1.95 bits per heavy atom. The number of hydrogen-bond donors (Lipinski definition) is 1. The van der Waals surface area contributed by atoms with Gasteiger partial charge in [0.1, 0.15) is 0 Å². The molecular weight excluding hydrogens is 389 g/mol. The largest absolute Gasteiger partial charge is 0.306 e. The fourth-order valence-corrected chi connectivity index (χ4v) is 2.68. The van der Waals surface area contributed by atoms with Crippen molar-refractivity contribution in [2.45, 2.75) is 19.5 Å². The van der Waals surface area contributed by atoms with Gasteiger partial charge in [0.05, 0.1) is 5.02 Å². The van der Waals surface area contributed by atoms with E-state index in [-0.39, 0.29) is 0 Å². The van der Waals surface area contributed by atoms with Gasteiger partial charge >= 0.3 is 0 Å². The molecule has 0 heterocycles. The molecule has 0 spiro atoms. The summed E-state index contributed by atoms with van der Waals surface area (Å²) in [5.41, 5.74) is 2.44. The van der Waals surface area contributed by atoms with E-state index in [4.69, 9.17) is 11.6 Å². The van der Waals surface area contributed by atoms with Crippen LogP contribution in [-0.4, -0.2) is 0 Å². The summed E-state index contributed by atoms with van der Waals surface area (Å²) in [6, 6.07) is 14.6. The number of rotatable bonds is 4. The average molecular weight is 404 g/mol. The fourth-order valence-electron chi connectivity index (χ4n) is 1.81. The summed E-state index contributed by atoms with van der Waals surface area (Å²) in [5.74, 6) is 0. The van der Waals surface area contributed by atoms with Crippen LogP contribution in [0, 0.1) is 0 Å². The van der Waals surface area contributed by atoms with Crippen LogP contribution in [0.25, 0.3) is 0 Å². The Morgan fingerprint density at radius 3 is 2.63 bits per heavy atom. The Hall–Kier alpha value is -0.350. The number of hydrogen-bond acceptors (Lipinski definition) is 1. The molecule has 1 N–H and O–H groups in total. The normalized spacial score (nSPS) is 12.4. The Labute approximate surface area is 135 Å². The Bertz CT molecular complexity index is 572. The van der Waals surface area contributed by atoms with E-state index in [1.54, 1.807) is 0 Å². The van der Waals surface area contributed by atoms with Gasteiger partial charge in [-0.05, 0) is 58.2 Å². The van der Waals surface area contributed by atoms with E-state index in [1.807, 2.05) is 24.3 Å².